The third-order valence-electron chi connectivity index (χ3n) is 3.25. The van der Waals surface area contributed by atoms with E-state index in [1.165, 1.54) is 0 Å². The number of sulfone groups is 1. The maximum Gasteiger partial charge on any atom is 0.289 e. The van der Waals surface area contributed by atoms with Crippen molar-refractivity contribution in [2.45, 2.75) is 25.3 Å². The van der Waals surface area contributed by atoms with Crippen LogP contribution in [0.1, 0.15) is 29.7 Å². The van der Waals surface area contributed by atoms with Gasteiger partial charge in [0.25, 0.3) is 5.91 Å². The minimum Gasteiger partial charge on any atom is -0.455 e. The molecule has 1 aliphatic rings. The van der Waals surface area contributed by atoms with Crippen LogP contribution in [-0.2, 0) is 15.7 Å². The molecule has 0 aliphatic carbocycles. The number of hydrogen-bond donors (Lipinski definition) is 0. The molecule has 106 valence electrons. The van der Waals surface area contributed by atoms with Crippen molar-refractivity contribution in [1.29, 1.82) is 0 Å². The summed E-state index contributed by atoms with van der Waals surface area (Å²) in [5, 5.41) is 0. The lowest BCUT2D eigenvalue weighted by Gasteiger charge is -2.25. The first-order chi connectivity index (χ1) is 8.96. The van der Waals surface area contributed by atoms with Gasteiger partial charge in [-0.15, -0.1) is 11.6 Å². The van der Waals surface area contributed by atoms with Crippen molar-refractivity contribution >= 4 is 27.3 Å². The van der Waals surface area contributed by atoms with E-state index in [0.29, 0.717) is 18.7 Å². The Morgan fingerprint density at radius 3 is 2.74 bits per heavy atom. The number of hydrogen-bond acceptors (Lipinski definition) is 4. The van der Waals surface area contributed by atoms with E-state index in [2.05, 4.69) is 0 Å². The highest BCUT2D eigenvalue weighted by atomic mass is 35.5. The van der Waals surface area contributed by atoms with Gasteiger partial charge in [0, 0.05) is 12.6 Å². The highest BCUT2D eigenvalue weighted by Gasteiger charge is 2.35. The summed E-state index contributed by atoms with van der Waals surface area (Å²) in [4.78, 5) is 13.9. The van der Waals surface area contributed by atoms with Crippen molar-refractivity contribution in [3.05, 3.63) is 23.7 Å². The first kappa shape index (κ1) is 14.4. The minimum absolute atomic E-state index is 0.0374. The zero-order valence-electron chi connectivity index (χ0n) is 10.6. The summed E-state index contributed by atoms with van der Waals surface area (Å²) in [6.07, 6.45) is 0.491. The fraction of sp³-hybridized carbons (Fsp3) is 0.583. The maximum absolute atomic E-state index is 12.3. The first-order valence-electron chi connectivity index (χ1n) is 6.13. The largest absolute Gasteiger partial charge is 0.455 e. The Hall–Kier alpha value is -1.01. The molecule has 1 aliphatic heterocycles. The second-order valence-electron chi connectivity index (χ2n) is 4.55. The zero-order chi connectivity index (χ0) is 14.0. The van der Waals surface area contributed by atoms with E-state index < -0.39 is 9.84 Å². The van der Waals surface area contributed by atoms with E-state index in [-0.39, 0.29) is 35.1 Å². The zero-order valence-corrected chi connectivity index (χ0v) is 12.2. The molecule has 1 fully saturated rings. The number of carbonyl (C=O) groups is 1. The van der Waals surface area contributed by atoms with Gasteiger partial charge in [0.15, 0.2) is 15.6 Å². The van der Waals surface area contributed by atoms with Crippen LogP contribution in [0.3, 0.4) is 0 Å². The second-order valence-corrected chi connectivity index (χ2v) is 7.04. The topological polar surface area (TPSA) is 67.6 Å². The number of amides is 1. The van der Waals surface area contributed by atoms with Gasteiger partial charge in [0.1, 0.15) is 5.76 Å². The van der Waals surface area contributed by atoms with Gasteiger partial charge in [0.2, 0.25) is 0 Å². The minimum atomic E-state index is -3.01. The molecule has 1 aromatic rings. The number of nitrogens with zero attached hydrogens (tertiary/aromatic N) is 1. The average molecular weight is 306 g/mol. The Balaban J connectivity index is 2.15. The van der Waals surface area contributed by atoms with E-state index in [4.69, 9.17) is 16.0 Å². The van der Waals surface area contributed by atoms with Crippen LogP contribution in [0.2, 0.25) is 0 Å². The lowest BCUT2D eigenvalue weighted by Crippen LogP contribution is -2.40. The molecule has 7 heteroatoms. The summed E-state index contributed by atoms with van der Waals surface area (Å²) in [5.41, 5.74) is 0. The van der Waals surface area contributed by atoms with Crippen molar-refractivity contribution in [2.75, 3.05) is 18.1 Å². The van der Waals surface area contributed by atoms with Gasteiger partial charge in [0.05, 0.1) is 17.4 Å². The van der Waals surface area contributed by atoms with Crippen molar-refractivity contribution in [2.24, 2.45) is 0 Å². The molecule has 0 radical (unpaired) electrons. The molecule has 0 bridgehead atoms. The number of alkyl halides is 1. The Bertz CT molecular complexity index is 566. The Morgan fingerprint density at radius 1 is 1.53 bits per heavy atom. The molecular weight excluding hydrogens is 290 g/mol. The molecule has 1 atom stereocenters. The Morgan fingerprint density at radius 2 is 2.26 bits per heavy atom. The van der Waals surface area contributed by atoms with E-state index in [1.54, 1.807) is 17.0 Å². The molecule has 5 nitrogen and oxygen atoms in total. The Labute approximate surface area is 117 Å². The summed E-state index contributed by atoms with van der Waals surface area (Å²) in [5.74, 6) is 0.849. The molecule has 2 rings (SSSR count). The summed E-state index contributed by atoms with van der Waals surface area (Å²) in [7, 11) is -3.01. The van der Waals surface area contributed by atoms with E-state index >= 15 is 0 Å². The van der Waals surface area contributed by atoms with Gasteiger partial charge < -0.3 is 9.32 Å². The Kier molecular flexibility index (Phi) is 4.20. The molecule has 0 N–H and O–H groups in total. The predicted octanol–water partition coefficient (Wildman–Crippen LogP) is 1.67. The molecule has 1 saturated heterocycles. The third-order valence-corrected chi connectivity index (χ3v) is 5.27. The molecule has 1 amide bonds. The van der Waals surface area contributed by atoms with Crippen LogP contribution in [0, 0.1) is 0 Å². The fourth-order valence-corrected chi connectivity index (χ4v) is 4.17. The lowest BCUT2D eigenvalue weighted by molar-refractivity contribution is 0.0674. The van der Waals surface area contributed by atoms with Gasteiger partial charge in [-0.1, -0.05) is 0 Å². The van der Waals surface area contributed by atoms with Gasteiger partial charge in [-0.2, -0.15) is 0 Å². The average Bonchev–Trinajstić information content (AvgIpc) is 2.96. The van der Waals surface area contributed by atoms with Gasteiger partial charge in [-0.3, -0.25) is 4.79 Å². The van der Waals surface area contributed by atoms with Crippen molar-refractivity contribution in [3.8, 4) is 0 Å². The molecule has 2 heterocycles. The second kappa shape index (κ2) is 5.54. The highest BCUT2D eigenvalue weighted by molar-refractivity contribution is 7.91. The van der Waals surface area contributed by atoms with Gasteiger partial charge in [-0.25, -0.2) is 8.42 Å². The van der Waals surface area contributed by atoms with E-state index in [1.807, 2.05) is 6.92 Å². The maximum atomic E-state index is 12.3. The van der Waals surface area contributed by atoms with Crippen molar-refractivity contribution in [1.82, 2.24) is 4.90 Å². The van der Waals surface area contributed by atoms with Gasteiger partial charge >= 0.3 is 0 Å². The summed E-state index contributed by atoms with van der Waals surface area (Å²) in [6, 6.07) is 2.97. The molecule has 0 spiro atoms. The summed E-state index contributed by atoms with van der Waals surface area (Å²) < 4.78 is 28.3. The van der Waals surface area contributed by atoms with Crippen molar-refractivity contribution < 1.29 is 17.6 Å². The number of halogens is 1. The lowest BCUT2D eigenvalue weighted by atomic mass is 10.2. The summed E-state index contributed by atoms with van der Waals surface area (Å²) in [6.45, 7) is 2.28. The SMILES string of the molecule is CCN(C(=O)c1ccc(CCl)o1)C1CCS(=O)(=O)C1. The van der Waals surface area contributed by atoms with E-state index in [9.17, 15) is 13.2 Å². The van der Waals surface area contributed by atoms with Crippen LogP contribution in [0.25, 0.3) is 0 Å². The van der Waals surface area contributed by atoms with Crippen LogP contribution in [0.5, 0.6) is 0 Å². The van der Waals surface area contributed by atoms with Crippen LogP contribution in [0.4, 0.5) is 0 Å². The van der Waals surface area contributed by atoms with Crippen molar-refractivity contribution in [3.63, 3.8) is 0 Å². The van der Waals surface area contributed by atoms with Crippen LogP contribution in [0.15, 0.2) is 16.5 Å². The quantitative estimate of drug-likeness (QED) is 0.794. The first-order valence-corrected chi connectivity index (χ1v) is 8.48. The van der Waals surface area contributed by atoms with Crippen LogP contribution >= 0.6 is 11.6 Å². The predicted molar refractivity (Wildman–Crippen MR) is 72.0 cm³/mol. The number of rotatable bonds is 4. The normalized spacial score (nSPS) is 21.5. The number of furan rings is 1. The molecule has 1 aromatic heterocycles. The smallest absolute Gasteiger partial charge is 0.289 e. The molecule has 19 heavy (non-hydrogen) atoms. The summed E-state index contributed by atoms with van der Waals surface area (Å²) >= 11 is 5.62. The van der Waals surface area contributed by atoms with Crippen LogP contribution < -0.4 is 0 Å². The number of carbonyl (C=O) groups excluding carboxylic acids is 1. The monoisotopic (exact) mass is 305 g/mol. The molecule has 0 saturated carbocycles. The fourth-order valence-electron chi connectivity index (χ4n) is 2.30. The van der Waals surface area contributed by atoms with E-state index in [0.717, 1.165) is 0 Å². The molecule has 0 aromatic carbocycles. The third kappa shape index (κ3) is 3.12. The van der Waals surface area contributed by atoms with Gasteiger partial charge in [-0.05, 0) is 25.5 Å². The standard InChI is InChI=1S/C12H16ClNO4S/c1-2-14(9-5-6-19(16,17)8-9)12(15)11-4-3-10(7-13)18-11/h3-4,9H,2,5-8H2,1H3. The van der Waals surface area contributed by atoms with Crippen LogP contribution in [-0.4, -0.2) is 43.3 Å². The molecule has 1 unspecified atom stereocenters. The molecular formula is C12H16ClNO4S. The highest BCUT2D eigenvalue weighted by Crippen LogP contribution is 2.21.